The summed E-state index contributed by atoms with van der Waals surface area (Å²) in [5, 5.41) is 3.11. The topological polar surface area (TPSA) is 49.4 Å². The molecule has 1 N–H and O–H groups in total. The second-order valence-electron chi connectivity index (χ2n) is 7.94. The van der Waals surface area contributed by atoms with E-state index in [0.717, 1.165) is 35.7 Å². The Morgan fingerprint density at radius 1 is 1.10 bits per heavy atom. The molecule has 0 aromatic heterocycles. The molecule has 30 heavy (non-hydrogen) atoms. The summed E-state index contributed by atoms with van der Waals surface area (Å²) in [5.74, 6) is -0.830. The number of carbonyl (C=O) groups excluding carboxylic acids is 2. The van der Waals surface area contributed by atoms with E-state index >= 15 is 0 Å². The number of nitrogens with zero attached hydrogens (tertiary/aromatic N) is 1. The van der Waals surface area contributed by atoms with Crippen molar-refractivity contribution in [3.63, 3.8) is 0 Å². The lowest BCUT2D eigenvalue weighted by Crippen LogP contribution is -2.50. The number of carbonyl (C=O) groups is 2. The first-order valence-electron chi connectivity index (χ1n) is 10.5. The average molecular weight is 475 g/mol. The molecule has 0 radical (unpaired) electrons. The summed E-state index contributed by atoms with van der Waals surface area (Å²) >= 11 is 3.41. The highest BCUT2D eigenvalue weighted by atomic mass is 79.9. The fraction of sp³-hybridized carbons (Fsp3) is 0.417. The van der Waals surface area contributed by atoms with E-state index in [1.165, 1.54) is 12.5 Å². The van der Waals surface area contributed by atoms with Gasteiger partial charge in [-0.15, -0.1) is 0 Å². The minimum atomic E-state index is -0.644. The van der Waals surface area contributed by atoms with E-state index in [-0.39, 0.29) is 24.3 Å². The van der Waals surface area contributed by atoms with Crippen molar-refractivity contribution in [2.24, 2.45) is 0 Å². The predicted molar refractivity (Wildman–Crippen MR) is 119 cm³/mol. The zero-order valence-corrected chi connectivity index (χ0v) is 18.8. The Labute approximate surface area is 186 Å². The zero-order chi connectivity index (χ0) is 21.5. The molecule has 1 atom stereocenters. The van der Waals surface area contributed by atoms with Gasteiger partial charge >= 0.3 is 0 Å². The van der Waals surface area contributed by atoms with E-state index in [1.54, 1.807) is 30.0 Å². The molecule has 0 aliphatic heterocycles. The molecule has 1 unspecified atom stereocenters. The first-order valence-corrected chi connectivity index (χ1v) is 11.3. The monoisotopic (exact) mass is 474 g/mol. The highest BCUT2D eigenvalue weighted by Gasteiger charge is 2.28. The third-order valence-electron chi connectivity index (χ3n) is 5.68. The first-order chi connectivity index (χ1) is 14.4. The average Bonchev–Trinajstić information content (AvgIpc) is 2.75. The van der Waals surface area contributed by atoms with Gasteiger partial charge in [-0.2, -0.15) is 0 Å². The summed E-state index contributed by atoms with van der Waals surface area (Å²) in [6, 6.07) is 13.4. The fourth-order valence-electron chi connectivity index (χ4n) is 3.84. The van der Waals surface area contributed by atoms with Gasteiger partial charge in [0.15, 0.2) is 0 Å². The third-order valence-corrected chi connectivity index (χ3v) is 6.21. The Hall–Kier alpha value is -2.21. The lowest BCUT2D eigenvalue weighted by Gasteiger charge is -2.31. The molecule has 1 fully saturated rings. The van der Waals surface area contributed by atoms with Gasteiger partial charge in [-0.3, -0.25) is 9.59 Å². The van der Waals surface area contributed by atoms with E-state index in [0.29, 0.717) is 12.1 Å². The lowest BCUT2D eigenvalue weighted by atomic mass is 9.95. The molecule has 2 amide bonds. The van der Waals surface area contributed by atoms with Gasteiger partial charge in [0.2, 0.25) is 11.8 Å². The number of hydrogen-bond acceptors (Lipinski definition) is 2. The van der Waals surface area contributed by atoms with Crippen LogP contribution in [0, 0.1) is 5.82 Å². The second-order valence-corrected chi connectivity index (χ2v) is 8.85. The molecular formula is C24H28BrFN2O2. The van der Waals surface area contributed by atoms with Gasteiger partial charge in [0, 0.05) is 17.1 Å². The van der Waals surface area contributed by atoms with Crippen molar-refractivity contribution in [3.05, 3.63) is 69.9 Å². The maximum atomic E-state index is 14.1. The highest BCUT2D eigenvalue weighted by molar-refractivity contribution is 9.10. The molecule has 0 heterocycles. The Bertz CT molecular complexity index is 866. The van der Waals surface area contributed by atoms with Crippen LogP contribution in [0.5, 0.6) is 0 Å². The van der Waals surface area contributed by atoms with Gasteiger partial charge in [0.25, 0.3) is 0 Å². The van der Waals surface area contributed by atoms with Gasteiger partial charge in [0.05, 0.1) is 6.42 Å². The van der Waals surface area contributed by atoms with Crippen molar-refractivity contribution in [2.45, 2.75) is 64.1 Å². The van der Waals surface area contributed by atoms with E-state index in [9.17, 15) is 14.0 Å². The summed E-state index contributed by atoms with van der Waals surface area (Å²) in [4.78, 5) is 27.6. The third kappa shape index (κ3) is 6.14. The van der Waals surface area contributed by atoms with E-state index < -0.39 is 11.9 Å². The molecule has 1 aliphatic carbocycles. The van der Waals surface area contributed by atoms with Gasteiger partial charge in [-0.25, -0.2) is 4.39 Å². The summed E-state index contributed by atoms with van der Waals surface area (Å²) < 4.78 is 15.0. The standard InChI is InChI=1S/C24H28BrFN2O2/c1-17(24(30)27-21-8-3-2-4-9-21)28(16-18-11-13-20(25)14-12-18)23(29)15-19-7-5-6-10-22(19)26/h5-7,10-14,17,21H,2-4,8-9,15-16H2,1H3,(H,27,30). The molecule has 2 aromatic rings. The molecule has 0 saturated heterocycles. The van der Waals surface area contributed by atoms with E-state index in [2.05, 4.69) is 21.2 Å². The van der Waals surface area contributed by atoms with Crippen LogP contribution in [-0.4, -0.2) is 28.8 Å². The minimum absolute atomic E-state index is 0.0791. The molecule has 0 bridgehead atoms. The Kier molecular flexibility index (Phi) is 8.02. The molecule has 4 nitrogen and oxygen atoms in total. The van der Waals surface area contributed by atoms with Crippen LogP contribution in [0.3, 0.4) is 0 Å². The summed E-state index contributed by atoms with van der Waals surface area (Å²) in [7, 11) is 0. The van der Waals surface area contributed by atoms with Crippen LogP contribution in [0.15, 0.2) is 53.0 Å². The number of hydrogen-bond donors (Lipinski definition) is 1. The van der Waals surface area contributed by atoms with Crippen LogP contribution >= 0.6 is 15.9 Å². The number of nitrogens with one attached hydrogen (secondary N) is 1. The second kappa shape index (κ2) is 10.7. The van der Waals surface area contributed by atoms with Gasteiger partial charge < -0.3 is 10.2 Å². The van der Waals surface area contributed by atoms with Crippen LogP contribution in [-0.2, 0) is 22.6 Å². The number of halogens is 2. The molecule has 160 valence electrons. The number of rotatable bonds is 7. The summed E-state index contributed by atoms with van der Waals surface area (Å²) in [5.41, 5.74) is 1.25. The van der Waals surface area contributed by atoms with Crippen molar-refractivity contribution >= 4 is 27.7 Å². The van der Waals surface area contributed by atoms with Crippen molar-refractivity contribution in [1.29, 1.82) is 0 Å². The van der Waals surface area contributed by atoms with Crippen LogP contribution in [0.1, 0.15) is 50.2 Å². The predicted octanol–water partition coefficient (Wildman–Crippen LogP) is 5.00. The van der Waals surface area contributed by atoms with Crippen LogP contribution in [0.4, 0.5) is 4.39 Å². The molecule has 1 saturated carbocycles. The molecular weight excluding hydrogens is 447 g/mol. The van der Waals surface area contributed by atoms with Crippen LogP contribution in [0.2, 0.25) is 0 Å². The Morgan fingerprint density at radius 2 is 1.77 bits per heavy atom. The van der Waals surface area contributed by atoms with Crippen molar-refractivity contribution in [2.75, 3.05) is 0 Å². The Morgan fingerprint density at radius 3 is 2.43 bits per heavy atom. The van der Waals surface area contributed by atoms with E-state index in [4.69, 9.17) is 0 Å². The summed E-state index contributed by atoms with van der Waals surface area (Å²) in [6.07, 6.45) is 5.33. The molecule has 1 aliphatic rings. The van der Waals surface area contributed by atoms with Crippen LogP contribution in [0.25, 0.3) is 0 Å². The molecule has 2 aromatic carbocycles. The highest BCUT2D eigenvalue weighted by Crippen LogP contribution is 2.19. The maximum Gasteiger partial charge on any atom is 0.242 e. The van der Waals surface area contributed by atoms with E-state index in [1.807, 2.05) is 24.3 Å². The smallest absolute Gasteiger partial charge is 0.242 e. The number of amides is 2. The molecule has 6 heteroatoms. The normalized spacial score (nSPS) is 15.4. The summed E-state index contributed by atoms with van der Waals surface area (Å²) in [6.45, 7) is 2.04. The van der Waals surface area contributed by atoms with Gasteiger partial charge in [0.1, 0.15) is 11.9 Å². The van der Waals surface area contributed by atoms with Crippen molar-refractivity contribution < 1.29 is 14.0 Å². The lowest BCUT2D eigenvalue weighted by molar-refractivity contribution is -0.140. The largest absolute Gasteiger partial charge is 0.352 e. The minimum Gasteiger partial charge on any atom is -0.352 e. The fourth-order valence-corrected chi connectivity index (χ4v) is 4.11. The van der Waals surface area contributed by atoms with Crippen molar-refractivity contribution in [1.82, 2.24) is 10.2 Å². The van der Waals surface area contributed by atoms with Crippen molar-refractivity contribution in [3.8, 4) is 0 Å². The quantitative estimate of drug-likeness (QED) is 0.613. The Balaban J connectivity index is 1.76. The van der Waals surface area contributed by atoms with Gasteiger partial charge in [-0.05, 0) is 49.1 Å². The number of benzene rings is 2. The van der Waals surface area contributed by atoms with Gasteiger partial charge in [-0.1, -0.05) is 65.5 Å². The zero-order valence-electron chi connectivity index (χ0n) is 17.2. The molecule has 3 rings (SSSR count). The SMILES string of the molecule is CC(C(=O)NC1CCCCC1)N(Cc1ccc(Br)cc1)C(=O)Cc1ccccc1F. The first kappa shape index (κ1) is 22.5. The maximum absolute atomic E-state index is 14.1. The van der Waals surface area contributed by atoms with Crippen LogP contribution < -0.4 is 5.32 Å². The molecule has 0 spiro atoms.